The zero-order chi connectivity index (χ0) is 22.3. The number of imide groups is 1. The Balaban J connectivity index is 2.16. The largest absolute Gasteiger partial charge is 0.446 e. The highest BCUT2D eigenvalue weighted by molar-refractivity contribution is 5.98. The fourth-order valence-electron chi connectivity index (χ4n) is 3.03. The average molecular weight is 419 g/mol. The number of likely N-dealkylation sites (tertiary alicyclic amines) is 1. The van der Waals surface area contributed by atoms with Crippen LogP contribution in [0.4, 0.5) is 9.59 Å². The van der Waals surface area contributed by atoms with E-state index in [1.54, 1.807) is 58.0 Å². The Morgan fingerprint density at radius 3 is 2.43 bits per heavy atom. The normalized spacial score (nSPS) is 17.1. The maximum absolute atomic E-state index is 12.9. The molecule has 1 aliphatic rings. The van der Waals surface area contributed by atoms with Crippen LogP contribution in [0.2, 0.25) is 0 Å². The molecule has 30 heavy (non-hydrogen) atoms. The van der Waals surface area contributed by atoms with Crippen LogP contribution in [0.3, 0.4) is 0 Å². The molecule has 0 bridgehead atoms. The van der Waals surface area contributed by atoms with Gasteiger partial charge in [-0.3, -0.25) is 15.0 Å². The lowest BCUT2D eigenvalue weighted by atomic mass is 10.1. The maximum Gasteiger partial charge on any atom is 0.411 e. The first kappa shape index (κ1) is 23.2. The molecule has 0 saturated carbocycles. The van der Waals surface area contributed by atoms with Crippen LogP contribution in [-0.4, -0.2) is 53.6 Å². The highest BCUT2D eigenvalue weighted by Gasteiger charge is 2.39. The van der Waals surface area contributed by atoms with Gasteiger partial charge in [0, 0.05) is 18.7 Å². The minimum Gasteiger partial charge on any atom is -0.446 e. The predicted molar refractivity (Wildman–Crippen MR) is 108 cm³/mol. The molecule has 1 aromatic carbocycles. The van der Waals surface area contributed by atoms with Crippen molar-refractivity contribution in [2.45, 2.75) is 58.3 Å². The zero-order valence-electron chi connectivity index (χ0n) is 17.8. The molecule has 1 saturated heterocycles. The zero-order valence-corrected chi connectivity index (χ0v) is 17.8. The molecule has 0 spiro atoms. The molecule has 2 N–H and O–H groups in total. The molecule has 1 fully saturated rings. The third-order valence-electron chi connectivity index (χ3n) is 4.30. The van der Waals surface area contributed by atoms with Gasteiger partial charge in [-0.15, -0.1) is 0 Å². The van der Waals surface area contributed by atoms with E-state index in [1.165, 1.54) is 4.90 Å². The van der Waals surface area contributed by atoms with Gasteiger partial charge in [0.05, 0.1) is 0 Å². The molecule has 0 radical (unpaired) electrons. The van der Waals surface area contributed by atoms with E-state index in [4.69, 9.17) is 9.47 Å². The topological polar surface area (TPSA) is 114 Å². The summed E-state index contributed by atoms with van der Waals surface area (Å²) in [7, 11) is 0. The van der Waals surface area contributed by atoms with Crippen molar-refractivity contribution in [1.82, 2.24) is 15.5 Å². The molecule has 1 heterocycles. The van der Waals surface area contributed by atoms with Crippen LogP contribution in [0.5, 0.6) is 0 Å². The summed E-state index contributed by atoms with van der Waals surface area (Å²) < 4.78 is 10.9. The van der Waals surface area contributed by atoms with E-state index in [0.717, 1.165) is 0 Å². The average Bonchev–Trinajstić information content (AvgIpc) is 3.15. The number of nitrogens with one attached hydrogen (secondary N) is 2. The first-order valence-electron chi connectivity index (χ1n) is 9.96. The lowest BCUT2D eigenvalue weighted by Crippen LogP contribution is -2.46. The SMILES string of the molecule is CCNC(=O)NC(=O)[C@@H](OC(=O)[C@H]1CCCN1C(=O)OC(C)(C)C)c1ccccc1. The minimum absolute atomic E-state index is 0.335. The Hall–Kier alpha value is -3.10. The van der Waals surface area contributed by atoms with E-state index in [0.29, 0.717) is 31.5 Å². The first-order chi connectivity index (χ1) is 14.1. The van der Waals surface area contributed by atoms with Gasteiger partial charge in [-0.25, -0.2) is 14.4 Å². The monoisotopic (exact) mass is 419 g/mol. The smallest absolute Gasteiger partial charge is 0.411 e. The lowest BCUT2D eigenvalue weighted by Gasteiger charge is -2.28. The van der Waals surface area contributed by atoms with Crippen molar-refractivity contribution in [3.8, 4) is 0 Å². The van der Waals surface area contributed by atoms with Gasteiger partial charge in [-0.2, -0.15) is 0 Å². The fourth-order valence-corrected chi connectivity index (χ4v) is 3.03. The van der Waals surface area contributed by atoms with E-state index in [1.807, 2.05) is 0 Å². The van der Waals surface area contributed by atoms with Gasteiger partial charge in [-0.05, 0) is 40.5 Å². The van der Waals surface area contributed by atoms with Gasteiger partial charge >= 0.3 is 18.1 Å². The van der Waals surface area contributed by atoms with Crippen LogP contribution >= 0.6 is 0 Å². The number of esters is 1. The first-order valence-corrected chi connectivity index (χ1v) is 9.96. The second kappa shape index (κ2) is 10.1. The van der Waals surface area contributed by atoms with E-state index in [-0.39, 0.29) is 0 Å². The highest BCUT2D eigenvalue weighted by Crippen LogP contribution is 2.25. The molecule has 9 heteroatoms. The lowest BCUT2D eigenvalue weighted by molar-refractivity contribution is -0.160. The summed E-state index contributed by atoms with van der Waals surface area (Å²) in [4.78, 5) is 51.0. The standard InChI is InChI=1S/C21H29N3O6/c1-5-22-19(27)23-17(25)16(14-10-7-6-8-11-14)29-18(26)15-12-9-13-24(15)20(28)30-21(2,3)4/h6-8,10-11,15-16H,5,9,12-13H2,1-4H3,(H2,22,23,25,27)/t15-,16+/m1/s1. The van der Waals surface area contributed by atoms with E-state index < -0.39 is 41.7 Å². The van der Waals surface area contributed by atoms with E-state index in [9.17, 15) is 19.2 Å². The Kier molecular flexibility index (Phi) is 7.79. The number of urea groups is 1. The summed E-state index contributed by atoms with van der Waals surface area (Å²) in [6.07, 6.45) is -0.926. The van der Waals surface area contributed by atoms with E-state index in [2.05, 4.69) is 10.6 Å². The Morgan fingerprint density at radius 1 is 1.17 bits per heavy atom. The summed E-state index contributed by atoms with van der Waals surface area (Å²) in [6.45, 7) is 7.63. The van der Waals surface area contributed by atoms with Crippen molar-refractivity contribution < 1.29 is 28.7 Å². The van der Waals surface area contributed by atoms with Crippen LogP contribution in [0.25, 0.3) is 0 Å². The molecule has 2 rings (SSSR count). The van der Waals surface area contributed by atoms with Gasteiger partial charge in [0.15, 0.2) is 0 Å². The van der Waals surface area contributed by atoms with Crippen LogP contribution in [0.15, 0.2) is 30.3 Å². The number of carbonyl (C=O) groups excluding carboxylic acids is 4. The molecule has 9 nitrogen and oxygen atoms in total. The number of nitrogens with zero attached hydrogens (tertiary/aromatic N) is 1. The third kappa shape index (κ3) is 6.47. The molecular formula is C21H29N3O6. The molecule has 164 valence electrons. The van der Waals surface area contributed by atoms with Crippen molar-refractivity contribution in [1.29, 1.82) is 0 Å². The van der Waals surface area contributed by atoms with Crippen molar-refractivity contribution in [3.63, 3.8) is 0 Å². The molecule has 4 amide bonds. The molecule has 0 aromatic heterocycles. The summed E-state index contributed by atoms with van der Waals surface area (Å²) in [5.41, 5.74) is -0.290. The van der Waals surface area contributed by atoms with Gasteiger partial charge < -0.3 is 14.8 Å². The molecule has 1 aromatic rings. The third-order valence-corrected chi connectivity index (χ3v) is 4.30. The van der Waals surface area contributed by atoms with Gasteiger partial charge in [-0.1, -0.05) is 30.3 Å². The second-order valence-electron chi connectivity index (χ2n) is 7.91. The van der Waals surface area contributed by atoms with Crippen molar-refractivity contribution in [2.75, 3.05) is 13.1 Å². The quantitative estimate of drug-likeness (QED) is 0.709. The predicted octanol–water partition coefficient (Wildman–Crippen LogP) is 2.52. The molecule has 0 aliphatic carbocycles. The number of rotatable bonds is 5. The van der Waals surface area contributed by atoms with Gasteiger partial charge in [0.2, 0.25) is 6.10 Å². The number of hydrogen-bond donors (Lipinski definition) is 2. The number of benzene rings is 1. The van der Waals surface area contributed by atoms with Crippen LogP contribution in [-0.2, 0) is 19.1 Å². The number of carbonyl (C=O) groups is 4. The van der Waals surface area contributed by atoms with Crippen molar-refractivity contribution in [3.05, 3.63) is 35.9 Å². The van der Waals surface area contributed by atoms with Crippen LogP contribution in [0, 0.1) is 0 Å². The van der Waals surface area contributed by atoms with Gasteiger partial charge in [0.1, 0.15) is 11.6 Å². The molecule has 0 unspecified atom stereocenters. The summed E-state index contributed by atoms with van der Waals surface area (Å²) in [5.74, 6) is -1.50. The Bertz CT molecular complexity index is 775. The molecule has 1 aliphatic heterocycles. The highest BCUT2D eigenvalue weighted by atomic mass is 16.6. The summed E-state index contributed by atoms with van der Waals surface area (Å²) in [6, 6.07) is 6.84. The number of amides is 4. The van der Waals surface area contributed by atoms with Crippen molar-refractivity contribution >= 4 is 24.0 Å². The van der Waals surface area contributed by atoms with Crippen LogP contribution in [0.1, 0.15) is 52.2 Å². The number of hydrogen-bond acceptors (Lipinski definition) is 6. The van der Waals surface area contributed by atoms with Gasteiger partial charge in [0.25, 0.3) is 5.91 Å². The Morgan fingerprint density at radius 2 is 1.83 bits per heavy atom. The molecular weight excluding hydrogens is 390 g/mol. The number of ether oxygens (including phenoxy) is 2. The maximum atomic E-state index is 12.9. The molecule has 2 atom stereocenters. The van der Waals surface area contributed by atoms with E-state index >= 15 is 0 Å². The Labute approximate surface area is 176 Å². The fraction of sp³-hybridized carbons (Fsp3) is 0.524. The summed E-state index contributed by atoms with van der Waals surface area (Å²) >= 11 is 0. The van der Waals surface area contributed by atoms with Crippen LogP contribution < -0.4 is 10.6 Å². The second-order valence-corrected chi connectivity index (χ2v) is 7.91. The minimum atomic E-state index is -1.33. The summed E-state index contributed by atoms with van der Waals surface area (Å²) in [5, 5.41) is 4.62. The van der Waals surface area contributed by atoms with Crippen molar-refractivity contribution in [2.24, 2.45) is 0 Å².